The second-order valence-electron chi connectivity index (χ2n) is 4.74. The molecule has 22 heavy (non-hydrogen) atoms. The van der Waals surface area contributed by atoms with Gasteiger partial charge in [-0.3, -0.25) is 0 Å². The molecule has 0 radical (unpaired) electrons. The molecule has 0 aliphatic carbocycles. The Kier molecular flexibility index (Phi) is 4.87. The van der Waals surface area contributed by atoms with Crippen molar-refractivity contribution >= 4 is 44.3 Å². The SMILES string of the molecule is O=P(Sc1ccccc1Br)(c1ccccc1)c1ccccc1. The van der Waals surface area contributed by atoms with Crippen LogP contribution in [0.1, 0.15) is 0 Å². The molecule has 0 N–H and O–H groups in total. The molecule has 0 atom stereocenters. The van der Waals surface area contributed by atoms with Gasteiger partial charge >= 0.3 is 0 Å². The Morgan fingerprint density at radius 2 is 1.14 bits per heavy atom. The Bertz CT molecular complexity index is 762. The van der Waals surface area contributed by atoms with Gasteiger partial charge in [0.05, 0.1) is 0 Å². The Morgan fingerprint density at radius 3 is 1.64 bits per heavy atom. The van der Waals surface area contributed by atoms with Gasteiger partial charge in [-0.25, -0.2) is 0 Å². The van der Waals surface area contributed by atoms with Gasteiger partial charge in [-0.1, -0.05) is 84.2 Å². The lowest BCUT2D eigenvalue weighted by Gasteiger charge is -2.19. The van der Waals surface area contributed by atoms with Crippen molar-refractivity contribution in [1.29, 1.82) is 0 Å². The second kappa shape index (κ2) is 6.87. The monoisotopic (exact) mass is 388 g/mol. The van der Waals surface area contributed by atoms with Crippen LogP contribution in [0.3, 0.4) is 0 Å². The summed E-state index contributed by atoms with van der Waals surface area (Å²) in [5, 5.41) is 1.73. The van der Waals surface area contributed by atoms with Crippen molar-refractivity contribution < 1.29 is 4.57 Å². The van der Waals surface area contributed by atoms with Crippen LogP contribution < -0.4 is 10.6 Å². The minimum absolute atomic E-state index is 0.863. The average molecular weight is 389 g/mol. The Hall–Kier alpha value is -1.28. The smallest absolute Gasteiger partial charge is 0.199 e. The third-order valence-electron chi connectivity index (χ3n) is 3.26. The maximum atomic E-state index is 13.9. The average Bonchev–Trinajstić information content (AvgIpc) is 2.58. The van der Waals surface area contributed by atoms with E-state index in [0.29, 0.717) is 0 Å². The second-order valence-corrected chi connectivity index (χ2v) is 10.4. The van der Waals surface area contributed by atoms with Crippen molar-refractivity contribution in [3.63, 3.8) is 0 Å². The van der Waals surface area contributed by atoms with E-state index in [1.807, 2.05) is 84.9 Å². The molecular formula is C18H14BrOPS. The number of benzene rings is 3. The van der Waals surface area contributed by atoms with E-state index in [1.165, 1.54) is 11.4 Å². The van der Waals surface area contributed by atoms with Gasteiger partial charge in [0.2, 0.25) is 0 Å². The lowest BCUT2D eigenvalue weighted by atomic mass is 10.4. The normalized spacial score (nSPS) is 11.3. The Balaban J connectivity index is 2.13. The summed E-state index contributed by atoms with van der Waals surface area (Å²) in [6, 6.07) is 27.3. The van der Waals surface area contributed by atoms with E-state index in [9.17, 15) is 4.57 Å². The predicted octanol–water partition coefficient (Wildman–Crippen LogP) is 5.47. The highest BCUT2D eigenvalue weighted by molar-refractivity contribution is 9.10. The molecule has 0 unspecified atom stereocenters. The summed E-state index contributed by atoms with van der Waals surface area (Å²) in [4.78, 5) is 0.985. The number of rotatable bonds is 4. The van der Waals surface area contributed by atoms with E-state index in [0.717, 1.165) is 20.0 Å². The van der Waals surface area contributed by atoms with E-state index in [4.69, 9.17) is 0 Å². The van der Waals surface area contributed by atoms with Crippen LogP contribution in [0.15, 0.2) is 94.3 Å². The van der Waals surface area contributed by atoms with Crippen molar-refractivity contribution in [3.05, 3.63) is 89.4 Å². The summed E-state index contributed by atoms with van der Waals surface area (Å²) < 4.78 is 14.8. The van der Waals surface area contributed by atoms with E-state index in [1.54, 1.807) is 0 Å². The van der Waals surface area contributed by atoms with Gasteiger partial charge in [0, 0.05) is 20.0 Å². The number of hydrogen-bond donors (Lipinski definition) is 0. The zero-order chi connectivity index (χ0) is 15.4. The molecule has 0 heterocycles. The topological polar surface area (TPSA) is 17.1 Å². The molecule has 0 saturated heterocycles. The third kappa shape index (κ3) is 3.22. The summed E-state index contributed by atoms with van der Waals surface area (Å²) in [5.74, 6) is 0. The van der Waals surface area contributed by atoms with Crippen molar-refractivity contribution in [3.8, 4) is 0 Å². The molecule has 0 spiro atoms. The molecule has 0 bridgehead atoms. The first-order valence-electron chi connectivity index (χ1n) is 6.85. The van der Waals surface area contributed by atoms with Crippen LogP contribution in [-0.4, -0.2) is 0 Å². The lowest BCUT2D eigenvalue weighted by Crippen LogP contribution is -2.13. The Labute approximate surface area is 143 Å². The first-order valence-corrected chi connectivity index (χ1v) is 10.8. The minimum atomic E-state index is -2.79. The van der Waals surface area contributed by atoms with Gasteiger partial charge in [-0.05, 0) is 28.1 Å². The van der Waals surface area contributed by atoms with E-state index >= 15 is 0 Å². The zero-order valence-corrected chi connectivity index (χ0v) is 15.0. The summed E-state index contributed by atoms with van der Waals surface area (Å²) in [5.41, 5.74) is 0. The highest BCUT2D eigenvalue weighted by Crippen LogP contribution is 2.60. The molecule has 3 aromatic rings. The van der Waals surface area contributed by atoms with Gasteiger partial charge in [-0.2, -0.15) is 0 Å². The van der Waals surface area contributed by atoms with Crippen LogP contribution in [0.2, 0.25) is 0 Å². The third-order valence-corrected chi connectivity index (χ3v) is 9.60. The molecule has 0 fully saturated rings. The standard InChI is InChI=1S/C18H14BrOPS/c19-17-13-7-8-14-18(17)22-21(20,15-9-3-1-4-10-15)16-11-5-2-6-12-16/h1-14H. The van der Waals surface area contributed by atoms with E-state index in [-0.39, 0.29) is 0 Å². The maximum Gasteiger partial charge on any atom is 0.199 e. The Morgan fingerprint density at radius 1 is 0.682 bits per heavy atom. The van der Waals surface area contributed by atoms with Crippen LogP contribution >= 0.6 is 33.7 Å². The van der Waals surface area contributed by atoms with Crippen molar-refractivity contribution in [2.75, 3.05) is 0 Å². The molecule has 0 amide bonds. The summed E-state index contributed by atoms with van der Waals surface area (Å²) in [6.07, 6.45) is -2.79. The summed E-state index contributed by atoms with van der Waals surface area (Å²) in [7, 11) is 0. The van der Waals surface area contributed by atoms with Gasteiger partial charge in [0.25, 0.3) is 0 Å². The zero-order valence-electron chi connectivity index (χ0n) is 11.7. The largest absolute Gasteiger partial charge is 0.302 e. The van der Waals surface area contributed by atoms with Crippen molar-refractivity contribution in [2.24, 2.45) is 0 Å². The molecule has 0 aromatic heterocycles. The van der Waals surface area contributed by atoms with Crippen molar-refractivity contribution in [2.45, 2.75) is 4.90 Å². The molecule has 3 rings (SSSR count). The maximum absolute atomic E-state index is 13.9. The summed E-state index contributed by atoms with van der Waals surface area (Å²) in [6.45, 7) is 0. The van der Waals surface area contributed by atoms with E-state index < -0.39 is 6.34 Å². The molecule has 0 aliphatic heterocycles. The number of halogens is 1. The van der Waals surface area contributed by atoms with Gasteiger partial charge < -0.3 is 4.57 Å². The number of hydrogen-bond acceptors (Lipinski definition) is 2. The van der Waals surface area contributed by atoms with Crippen molar-refractivity contribution in [1.82, 2.24) is 0 Å². The lowest BCUT2D eigenvalue weighted by molar-refractivity contribution is 0.595. The van der Waals surface area contributed by atoms with Gasteiger partial charge in [0.15, 0.2) is 6.34 Å². The van der Waals surface area contributed by atoms with E-state index in [2.05, 4.69) is 15.9 Å². The molecule has 3 aromatic carbocycles. The first kappa shape index (κ1) is 15.6. The van der Waals surface area contributed by atoms with Gasteiger partial charge in [0.1, 0.15) is 0 Å². The fraction of sp³-hybridized carbons (Fsp3) is 0. The molecule has 1 nitrogen and oxygen atoms in total. The highest BCUT2D eigenvalue weighted by Gasteiger charge is 2.29. The van der Waals surface area contributed by atoms with Crippen LogP contribution in [0.4, 0.5) is 0 Å². The minimum Gasteiger partial charge on any atom is -0.302 e. The quantitative estimate of drug-likeness (QED) is 0.551. The fourth-order valence-corrected chi connectivity index (χ4v) is 7.94. The molecular weight excluding hydrogens is 375 g/mol. The molecule has 110 valence electrons. The first-order chi connectivity index (χ1) is 10.7. The molecule has 0 aliphatic rings. The van der Waals surface area contributed by atoms with Crippen LogP contribution in [0.25, 0.3) is 0 Å². The molecule has 4 heteroatoms. The van der Waals surface area contributed by atoms with Gasteiger partial charge in [-0.15, -0.1) is 0 Å². The van der Waals surface area contributed by atoms with Crippen LogP contribution in [0.5, 0.6) is 0 Å². The fourth-order valence-electron chi connectivity index (χ4n) is 2.16. The predicted molar refractivity (Wildman–Crippen MR) is 99.8 cm³/mol. The summed E-state index contributed by atoms with van der Waals surface area (Å²) >= 11 is 4.98. The van der Waals surface area contributed by atoms with Crippen LogP contribution in [-0.2, 0) is 4.57 Å². The highest BCUT2D eigenvalue weighted by atomic mass is 79.9. The molecule has 0 saturated carbocycles. The van der Waals surface area contributed by atoms with Crippen LogP contribution in [0, 0.1) is 0 Å².